The summed E-state index contributed by atoms with van der Waals surface area (Å²) >= 11 is 0. The summed E-state index contributed by atoms with van der Waals surface area (Å²) in [6.45, 7) is 19.8. The minimum Gasteiger partial charge on any atom is -0.463 e. The normalized spacial score (nSPS) is 11.3. The third-order valence-electron chi connectivity index (χ3n) is 9.17. The maximum absolute atomic E-state index is 12.5. The van der Waals surface area contributed by atoms with Crippen molar-refractivity contribution in [2.75, 3.05) is 145 Å². The number of hydrogen-bond donors (Lipinski definition) is 1. The summed E-state index contributed by atoms with van der Waals surface area (Å²) in [5.74, 6) is -3.23. The molecular weight excluding hydrogens is 846 g/mol. The topological polar surface area (TPSA) is 237 Å². The molecule has 0 atom stereocenters. The molecule has 0 aromatic heterocycles. The van der Waals surface area contributed by atoms with Crippen LogP contribution in [0, 0.1) is 10.8 Å². The molecule has 0 aromatic carbocycles. The Bertz CT molecular complexity index is 1210. The average Bonchev–Trinajstić information content (AvgIpc) is 3.30. The molecule has 0 unspecified atom stereocenters. The van der Waals surface area contributed by atoms with Gasteiger partial charge in [-0.1, -0.05) is 40.2 Å². The molecule has 1 N–H and O–H groups in total. The van der Waals surface area contributed by atoms with Crippen molar-refractivity contribution in [2.24, 2.45) is 10.8 Å². The number of ether oxygens (including phenoxy) is 12. The number of nitrogens with zero attached hydrogens (tertiary/aromatic N) is 1. The van der Waals surface area contributed by atoms with Crippen LogP contribution in [0.5, 0.6) is 0 Å². The maximum Gasteiger partial charge on any atom is 0.330 e. The Morgan fingerprint density at radius 3 is 0.891 bits per heavy atom. The van der Waals surface area contributed by atoms with E-state index in [1.807, 2.05) is 13.8 Å². The summed E-state index contributed by atoms with van der Waals surface area (Å²) in [6.07, 6.45) is 5.40. The number of aliphatic hydroxyl groups is 1. The van der Waals surface area contributed by atoms with E-state index in [2.05, 4.69) is 26.3 Å². The Morgan fingerprint density at radius 1 is 0.422 bits per heavy atom. The van der Waals surface area contributed by atoms with Gasteiger partial charge in [0, 0.05) is 54.8 Å². The van der Waals surface area contributed by atoms with Crippen molar-refractivity contribution < 1.29 is 90.7 Å². The van der Waals surface area contributed by atoms with Crippen molar-refractivity contribution >= 4 is 35.8 Å². The Balaban J connectivity index is 4.80. The molecule has 20 heteroatoms. The molecule has 0 aliphatic rings. The van der Waals surface area contributed by atoms with Gasteiger partial charge in [-0.05, 0) is 12.8 Å². The van der Waals surface area contributed by atoms with E-state index in [4.69, 9.17) is 56.8 Å². The van der Waals surface area contributed by atoms with Crippen molar-refractivity contribution in [3.8, 4) is 0 Å². The molecule has 0 aromatic rings. The fraction of sp³-hybridized carbons (Fsp3) is 0.682. The van der Waals surface area contributed by atoms with Crippen molar-refractivity contribution in [3.05, 3.63) is 50.6 Å². The van der Waals surface area contributed by atoms with Crippen LogP contribution in [0.3, 0.4) is 0 Å². The lowest BCUT2D eigenvalue weighted by Crippen LogP contribution is -2.38. The summed E-state index contributed by atoms with van der Waals surface area (Å²) < 4.78 is 65.2. The number of carbonyl (C=O) groups excluding carboxylic acids is 6. The van der Waals surface area contributed by atoms with Gasteiger partial charge in [0.15, 0.2) is 0 Å². The quantitative estimate of drug-likeness (QED) is 0.0398. The van der Waals surface area contributed by atoms with Gasteiger partial charge in [-0.3, -0.25) is 14.5 Å². The second kappa shape index (κ2) is 38.9. The Hall–Kier alpha value is -4.54. The predicted molar refractivity (Wildman–Crippen MR) is 230 cm³/mol. The number of rotatable bonds is 44. The SMILES string of the molecule is C=CC(=O)OCCOCC(CC)(COCCOC(=O)C=C)COCCOC(=O)CCN(CCO)CCC(=O)OCCOCC(CC)(COCCOC(=O)C=C)COCCOC(=O)C=C. The first kappa shape index (κ1) is 59.5. The molecule has 0 amide bonds. The Labute approximate surface area is 377 Å². The summed E-state index contributed by atoms with van der Waals surface area (Å²) in [7, 11) is 0. The van der Waals surface area contributed by atoms with Crippen molar-refractivity contribution in [3.63, 3.8) is 0 Å². The zero-order valence-electron chi connectivity index (χ0n) is 37.8. The van der Waals surface area contributed by atoms with Gasteiger partial charge in [0.2, 0.25) is 0 Å². The lowest BCUT2D eigenvalue weighted by atomic mass is 9.88. The molecule has 0 radical (unpaired) electrons. The molecule has 0 rings (SSSR count). The van der Waals surface area contributed by atoms with Crippen LogP contribution < -0.4 is 0 Å². The molecule has 0 saturated heterocycles. The van der Waals surface area contributed by atoms with E-state index in [9.17, 15) is 33.9 Å². The lowest BCUT2D eigenvalue weighted by Gasteiger charge is -2.32. The average molecular weight is 918 g/mol. The highest BCUT2D eigenvalue weighted by molar-refractivity contribution is 5.82. The van der Waals surface area contributed by atoms with Crippen LogP contribution in [0.4, 0.5) is 0 Å². The third-order valence-corrected chi connectivity index (χ3v) is 9.17. The van der Waals surface area contributed by atoms with Gasteiger partial charge >= 0.3 is 35.8 Å². The van der Waals surface area contributed by atoms with Crippen LogP contribution in [0.1, 0.15) is 39.5 Å². The van der Waals surface area contributed by atoms with E-state index in [0.717, 1.165) is 24.3 Å². The smallest absolute Gasteiger partial charge is 0.330 e. The van der Waals surface area contributed by atoms with Crippen molar-refractivity contribution in [1.29, 1.82) is 0 Å². The second-order valence-corrected chi connectivity index (χ2v) is 14.0. The van der Waals surface area contributed by atoms with Crippen LogP contribution in [-0.4, -0.2) is 191 Å². The molecule has 0 fully saturated rings. The Morgan fingerprint density at radius 2 is 0.672 bits per heavy atom. The molecule has 20 nitrogen and oxygen atoms in total. The lowest BCUT2D eigenvalue weighted by molar-refractivity contribution is -0.147. The number of carbonyl (C=O) groups is 6. The van der Waals surface area contributed by atoms with E-state index in [-0.39, 0.29) is 158 Å². The second-order valence-electron chi connectivity index (χ2n) is 14.0. The fourth-order valence-electron chi connectivity index (χ4n) is 5.18. The van der Waals surface area contributed by atoms with E-state index < -0.39 is 46.6 Å². The van der Waals surface area contributed by atoms with E-state index >= 15 is 0 Å². The molecule has 0 saturated carbocycles. The van der Waals surface area contributed by atoms with E-state index in [0.29, 0.717) is 12.8 Å². The van der Waals surface area contributed by atoms with Gasteiger partial charge in [-0.15, -0.1) is 0 Å². The first-order valence-corrected chi connectivity index (χ1v) is 21.1. The number of esters is 6. The van der Waals surface area contributed by atoms with Crippen LogP contribution in [0.25, 0.3) is 0 Å². The predicted octanol–water partition coefficient (Wildman–Crippen LogP) is 1.96. The van der Waals surface area contributed by atoms with E-state index in [1.54, 1.807) is 4.90 Å². The van der Waals surface area contributed by atoms with Crippen LogP contribution in [0.15, 0.2) is 50.6 Å². The van der Waals surface area contributed by atoms with Crippen LogP contribution >= 0.6 is 0 Å². The first-order valence-electron chi connectivity index (χ1n) is 21.1. The first-order chi connectivity index (χ1) is 30.9. The molecule has 366 valence electrons. The molecule has 64 heavy (non-hydrogen) atoms. The zero-order valence-corrected chi connectivity index (χ0v) is 37.8. The standard InChI is InChI=1S/C44H71NO19/c1-7-37(47)59-25-19-53-31-43(11-5,32-54-20-26-60-38(48)8-2)35-57-23-29-63-41(51)13-15-45(17-18-46)16-14-42(52)64-30-24-58-36-44(12-6,33-55-21-27-61-39(49)9-3)34-56-22-28-62-40(50)10-4/h7-10,46H,1-4,11-36H2,5-6H3. The summed E-state index contributed by atoms with van der Waals surface area (Å²) in [4.78, 5) is 72.1. The minimum atomic E-state index is -0.612. The van der Waals surface area contributed by atoms with Crippen molar-refractivity contribution in [2.45, 2.75) is 39.5 Å². The highest BCUT2D eigenvalue weighted by atomic mass is 16.6. The molecule has 0 bridgehead atoms. The number of aliphatic hydroxyl groups excluding tert-OH is 1. The maximum atomic E-state index is 12.5. The van der Waals surface area contributed by atoms with Gasteiger partial charge in [0.25, 0.3) is 0 Å². The highest BCUT2D eigenvalue weighted by Crippen LogP contribution is 2.25. The third kappa shape index (κ3) is 31.3. The largest absolute Gasteiger partial charge is 0.463 e. The summed E-state index contributed by atoms with van der Waals surface area (Å²) in [6, 6.07) is 0. The van der Waals surface area contributed by atoms with E-state index in [1.165, 1.54) is 0 Å². The van der Waals surface area contributed by atoms with Gasteiger partial charge in [-0.2, -0.15) is 0 Å². The van der Waals surface area contributed by atoms with Crippen LogP contribution in [-0.2, 0) is 85.6 Å². The number of hydrogen-bond acceptors (Lipinski definition) is 20. The molecule has 0 aliphatic heterocycles. The monoisotopic (exact) mass is 917 g/mol. The van der Waals surface area contributed by atoms with Crippen LogP contribution in [0.2, 0.25) is 0 Å². The molecule has 0 heterocycles. The van der Waals surface area contributed by atoms with Gasteiger partial charge in [0.1, 0.15) is 39.6 Å². The summed E-state index contributed by atoms with van der Waals surface area (Å²) in [5, 5.41) is 9.56. The molecule has 0 aliphatic carbocycles. The summed E-state index contributed by atoms with van der Waals surface area (Å²) in [5.41, 5.74) is -1.22. The van der Waals surface area contributed by atoms with Gasteiger partial charge < -0.3 is 61.9 Å². The van der Waals surface area contributed by atoms with Crippen molar-refractivity contribution in [1.82, 2.24) is 4.90 Å². The Kier molecular flexibility index (Phi) is 36.1. The van der Waals surface area contributed by atoms with Gasteiger partial charge in [-0.25, -0.2) is 19.2 Å². The molecule has 0 spiro atoms. The minimum absolute atomic E-state index is 0.00285. The highest BCUT2D eigenvalue weighted by Gasteiger charge is 2.31. The van der Waals surface area contributed by atoms with Gasteiger partial charge in [0.05, 0.1) is 98.7 Å². The molecular formula is C44H71NO19. The fourth-order valence-corrected chi connectivity index (χ4v) is 5.18. The zero-order chi connectivity index (χ0) is 47.7.